The number of unbranched alkanes of at least 4 members (excludes halogenated alkanes) is 5. The minimum absolute atomic E-state index is 0.328. The Morgan fingerprint density at radius 3 is 2.17 bits per heavy atom. The summed E-state index contributed by atoms with van der Waals surface area (Å²) in [6.07, 6.45) is 7.40. The lowest BCUT2D eigenvalue weighted by atomic mass is 9.77. The van der Waals surface area contributed by atoms with Crippen molar-refractivity contribution in [3.63, 3.8) is 0 Å². The van der Waals surface area contributed by atoms with Crippen molar-refractivity contribution in [1.29, 1.82) is 0 Å². The molecule has 2 aliphatic rings. The number of fused-ring (bicyclic) bond motifs is 6. The highest BCUT2D eigenvalue weighted by molar-refractivity contribution is 5.97. The Labute approximate surface area is 271 Å². The molecule has 1 spiro atoms. The fraction of sp³-hybridized carbons (Fsp3) is 0.244. The zero-order chi connectivity index (χ0) is 31.5. The van der Waals surface area contributed by atoms with Gasteiger partial charge in [0.1, 0.15) is 11.5 Å². The predicted molar refractivity (Wildman–Crippen MR) is 186 cm³/mol. The minimum Gasteiger partial charge on any atom is -0.456 e. The van der Waals surface area contributed by atoms with Crippen molar-refractivity contribution in [3.8, 4) is 11.5 Å². The van der Waals surface area contributed by atoms with Crippen LogP contribution < -0.4 is 15.0 Å². The zero-order valence-electron chi connectivity index (χ0n) is 26.6. The number of hydrogen-bond acceptors (Lipinski definition) is 5. The van der Waals surface area contributed by atoms with Crippen LogP contribution in [0.4, 0.5) is 22.7 Å². The van der Waals surface area contributed by atoms with E-state index in [9.17, 15) is 4.79 Å². The van der Waals surface area contributed by atoms with Crippen LogP contribution in [0.25, 0.3) is 0 Å². The number of para-hydroxylation sites is 2. The summed E-state index contributed by atoms with van der Waals surface area (Å²) in [6, 6.07) is 38.8. The van der Waals surface area contributed by atoms with Gasteiger partial charge in [-0.25, -0.2) is 4.79 Å². The highest BCUT2D eigenvalue weighted by Gasteiger charge is 2.53. The van der Waals surface area contributed by atoms with Gasteiger partial charge in [-0.15, -0.1) is 0 Å². The normalized spacial score (nSPS) is 15.8. The molecular formula is C41H40N2O3. The number of anilines is 4. The first-order valence-corrected chi connectivity index (χ1v) is 16.5. The summed E-state index contributed by atoms with van der Waals surface area (Å²) >= 11 is 0. The average molecular weight is 609 g/mol. The third-order valence-corrected chi connectivity index (χ3v) is 9.21. The molecule has 0 saturated heterocycles. The van der Waals surface area contributed by atoms with Crippen LogP contribution in [0.15, 0.2) is 115 Å². The van der Waals surface area contributed by atoms with E-state index in [0.29, 0.717) is 17.1 Å². The summed E-state index contributed by atoms with van der Waals surface area (Å²) in [5, 5.41) is 3.56. The maximum atomic E-state index is 13.5. The Morgan fingerprint density at radius 2 is 1.37 bits per heavy atom. The van der Waals surface area contributed by atoms with Gasteiger partial charge >= 0.3 is 5.97 Å². The number of nitrogens with zero attached hydrogens (tertiary/aromatic N) is 1. The number of carbonyl (C=O) groups is 1. The van der Waals surface area contributed by atoms with Crippen molar-refractivity contribution in [2.24, 2.45) is 0 Å². The molecule has 5 aromatic rings. The molecule has 46 heavy (non-hydrogen) atoms. The molecule has 0 aliphatic carbocycles. The lowest BCUT2D eigenvalue weighted by Gasteiger charge is -2.38. The first-order valence-electron chi connectivity index (χ1n) is 16.5. The number of benzene rings is 5. The number of carbonyl (C=O) groups excluding carboxylic acids is 1. The molecule has 2 heterocycles. The Bertz CT molecular complexity index is 1850. The van der Waals surface area contributed by atoms with Gasteiger partial charge < -0.3 is 19.7 Å². The molecule has 5 nitrogen and oxygen atoms in total. The third-order valence-electron chi connectivity index (χ3n) is 9.21. The summed E-state index contributed by atoms with van der Waals surface area (Å²) in [7, 11) is 0. The molecule has 0 saturated carbocycles. The van der Waals surface area contributed by atoms with Gasteiger partial charge in [-0.05, 0) is 73.5 Å². The van der Waals surface area contributed by atoms with Crippen molar-refractivity contribution in [1.82, 2.24) is 0 Å². The van der Waals surface area contributed by atoms with E-state index in [2.05, 4.69) is 84.7 Å². The number of hydrogen-bond donors (Lipinski definition) is 1. The van der Waals surface area contributed by atoms with Gasteiger partial charge in [-0.2, -0.15) is 0 Å². The van der Waals surface area contributed by atoms with Gasteiger partial charge in [0.05, 0.1) is 5.56 Å². The lowest BCUT2D eigenvalue weighted by Crippen LogP contribution is -2.33. The molecule has 5 aromatic carbocycles. The molecule has 5 heteroatoms. The molecule has 0 aromatic heterocycles. The minimum atomic E-state index is -1.13. The van der Waals surface area contributed by atoms with Gasteiger partial charge in [0.15, 0.2) is 5.60 Å². The van der Waals surface area contributed by atoms with Crippen LogP contribution in [0.5, 0.6) is 11.5 Å². The maximum Gasteiger partial charge on any atom is 0.340 e. The quantitative estimate of drug-likeness (QED) is 0.119. The predicted octanol–water partition coefficient (Wildman–Crippen LogP) is 10.8. The molecule has 7 rings (SSSR count). The number of ether oxygens (including phenoxy) is 2. The topological polar surface area (TPSA) is 50.8 Å². The van der Waals surface area contributed by atoms with Crippen LogP contribution in [0.3, 0.4) is 0 Å². The fourth-order valence-corrected chi connectivity index (χ4v) is 6.85. The summed E-state index contributed by atoms with van der Waals surface area (Å²) in [5.74, 6) is 1.06. The van der Waals surface area contributed by atoms with Gasteiger partial charge in [0.25, 0.3) is 0 Å². The molecule has 1 unspecified atom stereocenters. The van der Waals surface area contributed by atoms with Gasteiger partial charge in [0, 0.05) is 52.1 Å². The Morgan fingerprint density at radius 1 is 0.674 bits per heavy atom. The molecule has 1 atom stereocenters. The number of aryl methyl sites for hydroxylation is 1. The molecule has 0 amide bonds. The SMILES string of the molecule is CCCCCCCCN(c1ccccc1)c1ccc2c(c1)Oc1cc(C)c(Nc3ccccc3)cc1C21OC(=O)c2ccccc21. The molecule has 0 radical (unpaired) electrons. The second-order valence-corrected chi connectivity index (χ2v) is 12.3. The fourth-order valence-electron chi connectivity index (χ4n) is 6.85. The highest BCUT2D eigenvalue weighted by atomic mass is 16.6. The average Bonchev–Trinajstić information content (AvgIpc) is 3.38. The van der Waals surface area contributed by atoms with E-state index in [4.69, 9.17) is 9.47 Å². The highest BCUT2D eigenvalue weighted by Crippen LogP contribution is 2.57. The third kappa shape index (κ3) is 5.40. The molecular weight excluding hydrogens is 568 g/mol. The largest absolute Gasteiger partial charge is 0.456 e. The van der Waals surface area contributed by atoms with Crippen molar-refractivity contribution >= 4 is 28.7 Å². The maximum absolute atomic E-state index is 13.5. The van der Waals surface area contributed by atoms with E-state index in [1.165, 1.54) is 32.1 Å². The first-order chi connectivity index (χ1) is 22.6. The van der Waals surface area contributed by atoms with Gasteiger partial charge in [-0.1, -0.05) is 93.6 Å². The summed E-state index contributed by atoms with van der Waals surface area (Å²) in [5.41, 5.74) is 7.06. The Balaban J connectivity index is 1.32. The van der Waals surface area contributed by atoms with Crippen LogP contribution in [-0.2, 0) is 10.3 Å². The zero-order valence-corrected chi connectivity index (χ0v) is 26.6. The second-order valence-electron chi connectivity index (χ2n) is 12.3. The second kappa shape index (κ2) is 12.8. The monoisotopic (exact) mass is 608 g/mol. The van der Waals surface area contributed by atoms with Crippen molar-refractivity contribution in [2.45, 2.75) is 58.0 Å². The molecule has 2 aliphatic heterocycles. The molecule has 0 fully saturated rings. The Hall–Kier alpha value is -5.03. The van der Waals surface area contributed by atoms with Crippen molar-refractivity contribution < 1.29 is 14.3 Å². The molecule has 1 N–H and O–H groups in total. The van der Waals surface area contributed by atoms with E-state index >= 15 is 0 Å². The number of esters is 1. The van der Waals surface area contributed by atoms with E-state index in [-0.39, 0.29) is 5.97 Å². The number of nitrogens with one attached hydrogen (secondary N) is 1. The molecule has 232 valence electrons. The van der Waals surface area contributed by atoms with Crippen LogP contribution in [0.2, 0.25) is 0 Å². The van der Waals surface area contributed by atoms with Crippen LogP contribution in [-0.4, -0.2) is 12.5 Å². The summed E-state index contributed by atoms with van der Waals surface area (Å²) < 4.78 is 13.2. The van der Waals surface area contributed by atoms with Crippen LogP contribution in [0, 0.1) is 6.92 Å². The molecule has 0 bridgehead atoms. The van der Waals surface area contributed by atoms with Crippen LogP contribution >= 0.6 is 0 Å². The van der Waals surface area contributed by atoms with Crippen molar-refractivity contribution in [2.75, 3.05) is 16.8 Å². The smallest absolute Gasteiger partial charge is 0.340 e. The van der Waals surface area contributed by atoms with Gasteiger partial charge in [-0.3, -0.25) is 0 Å². The van der Waals surface area contributed by atoms with E-state index < -0.39 is 5.60 Å². The lowest BCUT2D eigenvalue weighted by molar-refractivity contribution is 0.0224. The van der Waals surface area contributed by atoms with Gasteiger partial charge in [0.2, 0.25) is 0 Å². The van der Waals surface area contributed by atoms with E-state index in [1.54, 1.807) is 0 Å². The van der Waals surface area contributed by atoms with E-state index in [0.717, 1.165) is 58.0 Å². The van der Waals surface area contributed by atoms with Crippen LogP contribution in [0.1, 0.15) is 78.1 Å². The van der Waals surface area contributed by atoms with E-state index in [1.807, 2.05) is 54.6 Å². The summed E-state index contributed by atoms with van der Waals surface area (Å²) in [6.45, 7) is 5.23. The Kier molecular flexibility index (Phi) is 8.23. The first kappa shape index (κ1) is 29.7. The summed E-state index contributed by atoms with van der Waals surface area (Å²) in [4.78, 5) is 15.9. The number of rotatable bonds is 11. The van der Waals surface area contributed by atoms with Crippen molar-refractivity contribution in [3.05, 3.63) is 143 Å². The standard InChI is InChI=1S/C41H40N2O3/c1-3-4-5-6-7-16-25-43(31-19-12-9-13-20-31)32-23-24-35-39(27-32)45-38-26-29(2)37(42-30-17-10-8-11-18-30)28-36(38)41(35)34-22-15-14-21-33(34)40(44)46-41/h8-15,17-24,26-28,42H,3-7,16,25H2,1-2H3.